The number of methoxy groups -OCH3 is 1. The van der Waals surface area contributed by atoms with E-state index in [0.717, 1.165) is 0 Å². The highest BCUT2D eigenvalue weighted by Crippen LogP contribution is 2.53. The molecule has 0 spiro atoms. The van der Waals surface area contributed by atoms with Gasteiger partial charge in [-0.05, 0) is 17.9 Å². The second kappa shape index (κ2) is 9.38. The van der Waals surface area contributed by atoms with Gasteiger partial charge in [0.2, 0.25) is 21.8 Å². The van der Waals surface area contributed by atoms with Gasteiger partial charge < -0.3 is 20.1 Å². The van der Waals surface area contributed by atoms with Gasteiger partial charge in [-0.2, -0.15) is 4.31 Å². The van der Waals surface area contributed by atoms with E-state index in [1.54, 1.807) is 19.1 Å². The molecule has 1 saturated carbocycles. The van der Waals surface area contributed by atoms with Crippen LogP contribution in [0.4, 0.5) is 4.39 Å². The van der Waals surface area contributed by atoms with E-state index in [0.29, 0.717) is 32.6 Å². The fourth-order valence-corrected chi connectivity index (χ4v) is 5.16. The van der Waals surface area contributed by atoms with Crippen LogP contribution in [-0.4, -0.2) is 82.1 Å². The maximum Gasteiger partial charge on any atom is 0.244 e. The number of carbonyl (C=O) groups is 1. The number of amides is 1. The Labute approximate surface area is 175 Å². The van der Waals surface area contributed by atoms with E-state index in [-0.39, 0.29) is 53.2 Å². The summed E-state index contributed by atoms with van der Waals surface area (Å²) in [5, 5.41) is 0. The van der Waals surface area contributed by atoms with Crippen LogP contribution in [0.25, 0.3) is 0 Å². The largest absolute Gasteiger partial charge is 0.473 e. The number of rotatable bonds is 10. The van der Waals surface area contributed by atoms with Gasteiger partial charge in [0.15, 0.2) is 0 Å². The zero-order valence-corrected chi connectivity index (χ0v) is 17.8. The normalized spacial score (nSPS) is 23.9. The molecule has 2 heterocycles. The Morgan fingerprint density at radius 1 is 1.40 bits per heavy atom. The molecule has 1 aromatic rings. The van der Waals surface area contributed by atoms with Crippen molar-refractivity contribution in [3.05, 3.63) is 30.2 Å². The van der Waals surface area contributed by atoms with Gasteiger partial charge in [-0.3, -0.25) is 4.79 Å². The SMILES string of the molecule is COCCN(C)C(=O)C1[C@H]2CN(S(=O)(=O)c3ccc(OC/C(=C/F)CN)nc3)C[C@@H]12. The Hall–Kier alpha value is -2.08. The van der Waals surface area contributed by atoms with E-state index in [1.807, 2.05) is 0 Å². The summed E-state index contributed by atoms with van der Waals surface area (Å²) in [5.74, 6) is 0.203. The molecule has 30 heavy (non-hydrogen) atoms. The molecule has 3 rings (SSSR count). The van der Waals surface area contributed by atoms with E-state index in [2.05, 4.69) is 4.98 Å². The molecule has 3 atom stereocenters. The van der Waals surface area contributed by atoms with Gasteiger partial charge in [-0.25, -0.2) is 17.8 Å². The third kappa shape index (κ3) is 4.64. The van der Waals surface area contributed by atoms with Crippen LogP contribution >= 0.6 is 0 Å². The number of nitrogens with two attached hydrogens (primary N) is 1. The van der Waals surface area contributed by atoms with Crippen LogP contribution < -0.4 is 10.5 Å². The molecule has 1 aliphatic carbocycles. The maximum atomic E-state index is 12.9. The zero-order chi connectivity index (χ0) is 21.9. The maximum absolute atomic E-state index is 12.9. The monoisotopic (exact) mass is 442 g/mol. The lowest BCUT2D eigenvalue weighted by Gasteiger charge is -2.22. The molecule has 1 aromatic heterocycles. The van der Waals surface area contributed by atoms with E-state index < -0.39 is 10.0 Å². The minimum atomic E-state index is -3.70. The van der Waals surface area contributed by atoms with Crippen molar-refractivity contribution >= 4 is 15.9 Å². The molecule has 166 valence electrons. The molecule has 1 aliphatic heterocycles. The number of sulfonamides is 1. The summed E-state index contributed by atoms with van der Waals surface area (Å²) in [5.41, 5.74) is 5.62. The number of nitrogens with zero attached hydrogens (tertiary/aromatic N) is 3. The lowest BCUT2D eigenvalue weighted by atomic mass is 10.2. The predicted molar refractivity (Wildman–Crippen MR) is 107 cm³/mol. The first-order valence-corrected chi connectivity index (χ1v) is 11.1. The zero-order valence-electron chi connectivity index (χ0n) is 17.0. The molecule has 0 radical (unpaired) electrons. The van der Waals surface area contributed by atoms with Gasteiger partial charge in [0.05, 0.1) is 19.1 Å². The van der Waals surface area contributed by atoms with Gasteiger partial charge >= 0.3 is 0 Å². The molecule has 1 amide bonds. The van der Waals surface area contributed by atoms with Crippen LogP contribution in [0.5, 0.6) is 5.88 Å². The predicted octanol–water partition coefficient (Wildman–Crippen LogP) is 0.244. The molecule has 9 nitrogen and oxygen atoms in total. The summed E-state index contributed by atoms with van der Waals surface area (Å²) in [6.45, 7) is 1.58. The molecule has 11 heteroatoms. The second-order valence-electron chi connectivity index (χ2n) is 7.52. The van der Waals surface area contributed by atoms with Gasteiger partial charge in [-0.1, -0.05) is 0 Å². The van der Waals surface area contributed by atoms with E-state index >= 15 is 0 Å². The first-order valence-electron chi connectivity index (χ1n) is 9.64. The molecule has 0 aromatic carbocycles. The lowest BCUT2D eigenvalue weighted by Crippen LogP contribution is -2.37. The van der Waals surface area contributed by atoms with E-state index in [1.165, 1.54) is 22.6 Å². The Morgan fingerprint density at radius 3 is 2.63 bits per heavy atom. The first-order chi connectivity index (χ1) is 14.3. The summed E-state index contributed by atoms with van der Waals surface area (Å²) in [7, 11) is -0.386. The van der Waals surface area contributed by atoms with Gasteiger partial charge in [0.1, 0.15) is 11.5 Å². The fourth-order valence-electron chi connectivity index (χ4n) is 3.70. The van der Waals surface area contributed by atoms with Crippen molar-refractivity contribution in [3.8, 4) is 5.88 Å². The second-order valence-corrected chi connectivity index (χ2v) is 9.46. The number of pyridine rings is 1. The van der Waals surface area contributed by atoms with Crippen LogP contribution in [0.3, 0.4) is 0 Å². The van der Waals surface area contributed by atoms with Crippen molar-refractivity contribution in [2.24, 2.45) is 23.5 Å². The van der Waals surface area contributed by atoms with E-state index in [4.69, 9.17) is 15.2 Å². The van der Waals surface area contributed by atoms with E-state index in [9.17, 15) is 17.6 Å². The number of hydrogen-bond acceptors (Lipinski definition) is 7. The summed E-state index contributed by atoms with van der Waals surface area (Å²) in [6.07, 6.45) is 1.60. The summed E-state index contributed by atoms with van der Waals surface area (Å²) in [4.78, 5) is 18.2. The number of likely N-dealkylation sites (N-methyl/N-ethyl adjacent to an activating group) is 1. The van der Waals surface area contributed by atoms with Crippen LogP contribution in [0.1, 0.15) is 0 Å². The molecule has 1 unspecified atom stereocenters. The molecular weight excluding hydrogens is 415 g/mol. The average Bonchev–Trinajstić information content (AvgIpc) is 3.24. The highest BCUT2D eigenvalue weighted by molar-refractivity contribution is 7.89. The third-order valence-corrected chi connectivity index (χ3v) is 7.44. The van der Waals surface area contributed by atoms with Crippen LogP contribution in [0.2, 0.25) is 0 Å². The first kappa shape index (κ1) is 22.6. The smallest absolute Gasteiger partial charge is 0.244 e. The summed E-state index contributed by atoms with van der Waals surface area (Å²) in [6, 6.07) is 2.83. The quantitative estimate of drug-likeness (QED) is 0.552. The average molecular weight is 443 g/mol. The number of piperidine rings is 1. The third-order valence-electron chi connectivity index (χ3n) is 5.62. The topological polar surface area (TPSA) is 115 Å². The molecule has 2 N–H and O–H groups in total. The molecule has 2 aliphatic rings. The number of halogens is 1. The Balaban J connectivity index is 1.56. The van der Waals surface area contributed by atoms with Crippen molar-refractivity contribution < 1.29 is 27.1 Å². The number of carbonyl (C=O) groups excluding carboxylic acids is 1. The highest BCUT2D eigenvalue weighted by Gasteiger charge is 2.61. The van der Waals surface area contributed by atoms with Crippen LogP contribution in [0, 0.1) is 17.8 Å². The summed E-state index contributed by atoms with van der Waals surface area (Å²) >= 11 is 0. The van der Waals surface area contributed by atoms with Crippen LogP contribution in [-0.2, 0) is 19.6 Å². The number of hydrogen-bond donors (Lipinski definition) is 1. The van der Waals surface area contributed by atoms with Crippen LogP contribution in [0.15, 0.2) is 35.1 Å². The number of ether oxygens (including phenoxy) is 2. The fraction of sp³-hybridized carbons (Fsp3) is 0.579. The van der Waals surface area contributed by atoms with Crippen molar-refractivity contribution in [1.29, 1.82) is 0 Å². The highest BCUT2D eigenvalue weighted by atomic mass is 32.2. The Morgan fingerprint density at radius 2 is 2.10 bits per heavy atom. The van der Waals surface area contributed by atoms with Gasteiger partial charge in [0, 0.05) is 57.9 Å². The molecular formula is C19H27FN4O5S. The molecule has 1 saturated heterocycles. The number of fused-ring (bicyclic) bond motifs is 1. The Bertz CT molecular complexity index is 881. The summed E-state index contributed by atoms with van der Waals surface area (Å²) < 4.78 is 50.0. The Kier molecular flexibility index (Phi) is 7.06. The van der Waals surface area contributed by atoms with Gasteiger partial charge in [0.25, 0.3) is 0 Å². The standard InChI is InChI=1S/C19H27FN4O5S/c1-23(5-6-28-2)19(25)18-15-10-24(11-16(15)18)30(26,27)14-3-4-17(22-9-14)29-12-13(7-20)8-21/h3-4,7,9,15-16,18H,5-6,8,10-12,21H2,1-2H3/b13-7+/t15-,16+,18?. The van der Waals surface area contributed by atoms with Gasteiger partial charge in [-0.15, -0.1) is 0 Å². The lowest BCUT2D eigenvalue weighted by molar-refractivity contribution is -0.132. The number of aromatic nitrogens is 1. The minimum absolute atomic E-state index is 0.0198. The van der Waals surface area contributed by atoms with Crippen molar-refractivity contribution in [3.63, 3.8) is 0 Å². The minimum Gasteiger partial charge on any atom is -0.473 e. The van der Waals surface area contributed by atoms with Crippen molar-refractivity contribution in [1.82, 2.24) is 14.2 Å². The van der Waals surface area contributed by atoms with Crippen molar-refractivity contribution in [2.75, 3.05) is 53.6 Å². The molecule has 2 fully saturated rings. The molecule has 0 bridgehead atoms. The van der Waals surface area contributed by atoms with Crippen molar-refractivity contribution in [2.45, 2.75) is 4.90 Å².